The largest absolute Gasteiger partial charge is 0.478 e. The highest BCUT2D eigenvalue weighted by Gasteiger charge is 2.42. The van der Waals surface area contributed by atoms with Gasteiger partial charge in [-0.25, -0.2) is 4.79 Å². The topological polar surface area (TPSA) is 73.6 Å². The number of carboxylic acid groups (broad SMARTS) is 1. The lowest BCUT2D eigenvalue weighted by molar-refractivity contribution is 0.0697. The van der Waals surface area contributed by atoms with Crippen LogP contribution in [-0.2, 0) is 0 Å². The first kappa shape index (κ1) is 24.5. The van der Waals surface area contributed by atoms with Crippen molar-refractivity contribution in [2.24, 2.45) is 0 Å². The van der Waals surface area contributed by atoms with Crippen molar-refractivity contribution in [1.82, 2.24) is 14.9 Å². The number of aromatic nitrogens is 2. The second kappa shape index (κ2) is 9.71. The van der Waals surface area contributed by atoms with Gasteiger partial charge in [0.1, 0.15) is 0 Å². The standard InChI is InChI=1S/C29H29N5O2S/c1-18-16-24(19(2)33(18)23-9-7-8-20(17-23)28(35)36)27-26(25-10-5-6-15-30-25)31-29(37)34(27)22-13-11-21(12-14-22)32(3)4/h5-17,26-27H,1-4H3,(H,31,37)(H,35,36)/t26-,27+/m0/s1. The van der Waals surface area contributed by atoms with Gasteiger partial charge in [0.15, 0.2) is 5.11 Å². The number of aromatic carboxylic acids is 1. The number of nitrogens with zero attached hydrogens (tertiary/aromatic N) is 4. The van der Waals surface area contributed by atoms with Crippen LogP contribution in [0.25, 0.3) is 5.69 Å². The predicted molar refractivity (Wildman–Crippen MR) is 151 cm³/mol. The van der Waals surface area contributed by atoms with Crippen molar-refractivity contribution in [3.8, 4) is 5.69 Å². The van der Waals surface area contributed by atoms with E-state index in [2.05, 4.69) is 61.9 Å². The molecule has 0 bridgehead atoms. The highest BCUT2D eigenvalue weighted by atomic mass is 32.1. The highest BCUT2D eigenvalue weighted by molar-refractivity contribution is 7.80. The quantitative estimate of drug-likeness (QED) is 0.334. The van der Waals surface area contributed by atoms with Crippen molar-refractivity contribution >= 4 is 34.7 Å². The Balaban J connectivity index is 1.65. The van der Waals surface area contributed by atoms with Gasteiger partial charge in [-0.05, 0) is 92.3 Å². The number of anilines is 2. The molecule has 0 saturated carbocycles. The predicted octanol–water partition coefficient (Wildman–Crippen LogP) is 5.43. The van der Waals surface area contributed by atoms with E-state index in [1.165, 1.54) is 0 Å². The summed E-state index contributed by atoms with van der Waals surface area (Å²) >= 11 is 5.89. The number of rotatable bonds is 6. The molecule has 0 aliphatic carbocycles. The molecule has 2 N–H and O–H groups in total. The highest BCUT2D eigenvalue weighted by Crippen LogP contribution is 2.44. The molecule has 1 saturated heterocycles. The Morgan fingerprint density at radius 2 is 1.76 bits per heavy atom. The van der Waals surface area contributed by atoms with Crippen molar-refractivity contribution in [2.45, 2.75) is 25.9 Å². The third kappa shape index (κ3) is 4.44. The third-order valence-electron chi connectivity index (χ3n) is 6.88. The van der Waals surface area contributed by atoms with Crippen molar-refractivity contribution in [2.75, 3.05) is 23.9 Å². The van der Waals surface area contributed by atoms with E-state index in [0.29, 0.717) is 5.11 Å². The first-order chi connectivity index (χ1) is 17.8. The molecule has 2 atom stereocenters. The fourth-order valence-electron chi connectivity index (χ4n) is 5.12. The lowest BCUT2D eigenvalue weighted by atomic mass is 9.96. The zero-order valence-electron chi connectivity index (χ0n) is 21.2. The number of carbonyl (C=O) groups is 1. The molecule has 0 amide bonds. The molecule has 1 fully saturated rings. The zero-order chi connectivity index (χ0) is 26.3. The van der Waals surface area contributed by atoms with E-state index in [1.54, 1.807) is 24.4 Å². The molecule has 2 aromatic carbocycles. The van der Waals surface area contributed by atoms with Gasteiger partial charge in [-0.2, -0.15) is 0 Å². The molecule has 5 rings (SSSR count). The monoisotopic (exact) mass is 511 g/mol. The van der Waals surface area contributed by atoms with Crippen LogP contribution in [0.4, 0.5) is 11.4 Å². The van der Waals surface area contributed by atoms with E-state index in [-0.39, 0.29) is 17.6 Å². The summed E-state index contributed by atoms with van der Waals surface area (Å²) < 4.78 is 2.10. The number of carboxylic acids is 1. The fraction of sp³-hybridized carbons (Fsp3) is 0.207. The van der Waals surface area contributed by atoms with Crippen LogP contribution in [-0.4, -0.2) is 39.8 Å². The number of aryl methyl sites for hydroxylation is 1. The summed E-state index contributed by atoms with van der Waals surface area (Å²) in [6.45, 7) is 4.11. The van der Waals surface area contributed by atoms with E-state index >= 15 is 0 Å². The maximum Gasteiger partial charge on any atom is 0.335 e. The van der Waals surface area contributed by atoms with Gasteiger partial charge in [-0.1, -0.05) is 12.1 Å². The minimum absolute atomic E-state index is 0.157. The van der Waals surface area contributed by atoms with Crippen molar-refractivity contribution in [3.05, 3.63) is 107 Å². The Morgan fingerprint density at radius 3 is 2.41 bits per heavy atom. The van der Waals surface area contributed by atoms with Gasteiger partial charge in [0, 0.05) is 48.7 Å². The summed E-state index contributed by atoms with van der Waals surface area (Å²) in [5.41, 5.74) is 7.19. The van der Waals surface area contributed by atoms with Gasteiger partial charge in [-0.3, -0.25) is 4.98 Å². The molecule has 0 radical (unpaired) electrons. The molecule has 8 heteroatoms. The number of thiocarbonyl (C=S) groups is 1. The molecule has 2 aromatic heterocycles. The Hall–Kier alpha value is -4.17. The van der Waals surface area contributed by atoms with Gasteiger partial charge in [0.05, 0.1) is 23.3 Å². The summed E-state index contributed by atoms with van der Waals surface area (Å²) in [7, 11) is 4.04. The Kier molecular flexibility index (Phi) is 6.43. The molecular weight excluding hydrogens is 482 g/mol. The van der Waals surface area contributed by atoms with Gasteiger partial charge >= 0.3 is 5.97 Å². The van der Waals surface area contributed by atoms with E-state index < -0.39 is 5.97 Å². The minimum Gasteiger partial charge on any atom is -0.478 e. The van der Waals surface area contributed by atoms with E-state index in [1.807, 2.05) is 45.3 Å². The number of nitrogens with one attached hydrogen (secondary N) is 1. The van der Waals surface area contributed by atoms with Crippen LogP contribution in [0.2, 0.25) is 0 Å². The van der Waals surface area contributed by atoms with Crippen molar-refractivity contribution in [1.29, 1.82) is 0 Å². The fourth-order valence-corrected chi connectivity index (χ4v) is 5.47. The summed E-state index contributed by atoms with van der Waals surface area (Å²) in [5.74, 6) is -0.947. The average molecular weight is 512 g/mol. The van der Waals surface area contributed by atoms with Gasteiger partial charge < -0.3 is 24.8 Å². The first-order valence-corrected chi connectivity index (χ1v) is 12.5. The zero-order valence-corrected chi connectivity index (χ0v) is 22.0. The molecule has 1 aliphatic rings. The maximum absolute atomic E-state index is 11.6. The molecule has 0 unspecified atom stereocenters. The van der Waals surface area contributed by atoms with Crippen LogP contribution in [0.5, 0.6) is 0 Å². The molecule has 4 aromatic rings. The van der Waals surface area contributed by atoms with Crippen molar-refractivity contribution in [3.63, 3.8) is 0 Å². The summed E-state index contributed by atoms with van der Waals surface area (Å²) in [6.07, 6.45) is 1.80. The van der Waals surface area contributed by atoms with Crippen LogP contribution in [0, 0.1) is 13.8 Å². The smallest absolute Gasteiger partial charge is 0.335 e. The van der Waals surface area contributed by atoms with Gasteiger partial charge in [0.2, 0.25) is 0 Å². The maximum atomic E-state index is 11.6. The van der Waals surface area contributed by atoms with E-state index in [0.717, 1.165) is 39.7 Å². The summed E-state index contributed by atoms with van der Waals surface area (Å²) in [5, 5.41) is 13.7. The minimum atomic E-state index is -0.947. The Bertz CT molecular complexity index is 1460. The van der Waals surface area contributed by atoms with Crippen molar-refractivity contribution < 1.29 is 9.90 Å². The molecule has 1 aliphatic heterocycles. The van der Waals surface area contributed by atoms with Crippen LogP contribution in [0.15, 0.2) is 79.0 Å². The van der Waals surface area contributed by atoms with Gasteiger partial charge in [-0.15, -0.1) is 0 Å². The van der Waals surface area contributed by atoms with Crippen LogP contribution < -0.4 is 15.1 Å². The average Bonchev–Trinajstić information content (AvgIpc) is 3.39. The lowest BCUT2D eigenvalue weighted by Gasteiger charge is -2.28. The van der Waals surface area contributed by atoms with Gasteiger partial charge in [0.25, 0.3) is 0 Å². The SMILES string of the molecule is Cc1cc([C@@H]2[C@H](c3ccccn3)NC(=S)N2c2ccc(N(C)C)cc2)c(C)n1-c1cccc(C(=O)O)c1. The number of pyridine rings is 1. The molecule has 3 heterocycles. The number of hydrogen-bond donors (Lipinski definition) is 2. The molecular formula is C29H29N5O2S. The molecule has 0 spiro atoms. The normalized spacial score (nSPS) is 17.1. The molecule has 7 nitrogen and oxygen atoms in total. The lowest BCUT2D eigenvalue weighted by Crippen LogP contribution is -2.29. The second-order valence-corrected chi connectivity index (χ2v) is 9.81. The molecule has 188 valence electrons. The van der Waals surface area contributed by atoms with E-state index in [9.17, 15) is 9.90 Å². The first-order valence-electron chi connectivity index (χ1n) is 12.1. The Morgan fingerprint density at radius 1 is 1.00 bits per heavy atom. The summed E-state index contributed by atoms with van der Waals surface area (Å²) in [6, 6.07) is 23.1. The third-order valence-corrected chi connectivity index (χ3v) is 7.20. The van der Waals surface area contributed by atoms with Crippen LogP contribution in [0.1, 0.15) is 45.1 Å². The van der Waals surface area contributed by atoms with Crippen LogP contribution in [0.3, 0.4) is 0 Å². The number of benzene rings is 2. The molecule has 37 heavy (non-hydrogen) atoms. The Labute approximate surface area is 222 Å². The van der Waals surface area contributed by atoms with E-state index in [4.69, 9.17) is 12.2 Å². The second-order valence-electron chi connectivity index (χ2n) is 9.42. The number of hydrogen-bond acceptors (Lipinski definition) is 4. The summed E-state index contributed by atoms with van der Waals surface area (Å²) in [4.78, 5) is 20.5. The van der Waals surface area contributed by atoms with Crippen LogP contribution >= 0.6 is 12.2 Å².